The molecule has 3 aromatic heterocycles. The Morgan fingerprint density at radius 2 is 1.75 bits per heavy atom. The molecule has 0 saturated carbocycles. The number of hydrogen-bond donors (Lipinski definition) is 0. The first-order valence-electron chi connectivity index (χ1n) is 9.96. The number of aryl methyl sites for hydroxylation is 1. The van der Waals surface area contributed by atoms with Gasteiger partial charge in [0.25, 0.3) is 0 Å². The molecule has 5 aromatic rings. The van der Waals surface area contributed by atoms with E-state index < -0.39 is 9.84 Å². The Labute approximate surface area is 188 Å². The lowest BCUT2D eigenvalue weighted by Gasteiger charge is -2.01. The number of benzene rings is 2. The van der Waals surface area contributed by atoms with Gasteiger partial charge in [0, 0.05) is 18.8 Å². The predicted molar refractivity (Wildman–Crippen MR) is 122 cm³/mol. The minimum Gasteiger partial charge on any atom is -0.425 e. The van der Waals surface area contributed by atoms with Crippen molar-refractivity contribution in [3.05, 3.63) is 89.8 Å². The summed E-state index contributed by atoms with van der Waals surface area (Å²) < 4.78 is 31.5. The molecular weight excluding hydrogens is 444 g/mol. The number of rotatable bonds is 7. The molecule has 5 rings (SSSR count). The average molecular weight is 463 g/mol. The van der Waals surface area contributed by atoms with Crippen molar-refractivity contribution in [1.82, 2.24) is 20.2 Å². The van der Waals surface area contributed by atoms with Crippen LogP contribution >= 0.6 is 11.3 Å². The lowest BCUT2D eigenvalue weighted by molar-refractivity contribution is 0.461. The van der Waals surface area contributed by atoms with Gasteiger partial charge in [-0.05, 0) is 35.4 Å². The van der Waals surface area contributed by atoms with E-state index in [1.165, 1.54) is 18.5 Å². The summed E-state index contributed by atoms with van der Waals surface area (Å²) in [5, 5.41) is 8.92. The van der Waals surface area contributed by atoms with E-state index in [0.29, 0.717) is 18.2 Å². The predicted octanol–water partition coefficient (Wildman–Crippen LogP) is 4.35. The van der Waals surface area contributed by atoms with E-state index >= 15 is 0 Å². The number of hydrogen-bond acceptors (Lipinski definition) is 8. The summed E-state index contributed by atoms with van der Waals surface area (Å²) in [5.74, 6) is 0.588. The summed E-state index contributed by atoms with van der Waals surface area (Å²) in [6.45, 7) is 0. The second-order valence-electron chi connectivity index (χ2n) is 7.18. The maximum Gasteiger partial charge on any atom is 0.223 e. The Bertz CT molecular complexity index is 1460. The molecule has 0 amide bonds. The molecule has 3 heterocycles. The third-order valence-corrected chi connectivity index (χ3v) is 7.65. The molecule has 160 valence electrons. The standard InChI is InChI=1S/C23H18N4O3S2/c28-32(29,18-7-4-11-24-15-18)12-10-21-26-27-22(30-21)14-23-25-19-9-8-17(13-20(19)31-23)16-5-2-1-3-6-16/h1-9,11,13,15H,10,12,14H2. The van der Waals surface area contributed by atoms with E-state index in [4.69, 9.17) is 4.42 Å². The SMILES string of the molecule is O=S(=O)(CCc1nnc(Cc2nc3ccc(-c4ccccc4)cc3s2)o1)c1cccnc1. The van der Waals surface area contributed by atoms with E-state index in [1.54, 1.807) is 17.4 Å². The number of aromatic nitrogens is 4. The van der Waals surface area contributed by atoms with Crippen LogP contribution in [0.3, 0.4) is 0 Å². The van der Waals surface area contributed by atoms with Crippen LogP contribution in [-0.2, 0) is 22.7 Å². The second kappa shape index (κ2) is 8.60. The van der Waals surface area contributed by atoms with Gasteiger partial charge in [0.1, 0.15) is 5.01 Å². The van der Waals surface area contributed by atoms with Crippen LogP contribution < -0.4 is 0 Å². The van der Waals surface area contributed by atoms with Crippen molar-refractivity contribution in [2.75, 3.05) is 5.75 Å². The monoisotopic (exact) mass is 462 g/mol. The Hall–Kier alpha value is -3.43. The molecule has 0 radical (unpaired) electrons. The first kappa shape index (κ1) is 20.5. The van der Waals surface area contributed by atoms with Gasteiger partial charge in [0.05, 0.1) is 27.3 Å². The summed E-state index contributed by atoms with van der Waals surface area (Å²) in [5.41, 5.74) is 3.22. The lowest BCUT2D eigenvalue weighted by atomic mass is 10.1. The molecule has 7 nitrogen and oxygen atoms in total. The molecule has 32 heavy (non-hydrogen) atoms. The van der Waals surface area contributed by atoms with Crippen molar-refractivity contribution in [2.24, 2.45) is 0 Å². The highest BCUT2D eigenvalue weighted by Crippen LogP contribution is 2.29. The van der Waals surface area contributed by atoms with Crippen LogP contribution in [0.4, 0.5) is 0 Å². The van der Waals surface area contributed by atoms with E-state index in [9.17, 15) is 8.42 Å². The van der Waals surface area contributed by atoms with Gasteiger partial charge < -0.3 is 4.42 Å². The van der Waals surface area contributed by atoms with Gasteiger partial charge in [0.15, 0.2) is 9.84 Å². The van der Waals surface area contributed by atoms with Crippen LogP contribution in [0.5, 0.6) is 0 Å². The van der Waals surface area contributed by atoms with Gasteiger partial charge in [-0.25, -0.2) is 13.4 Å². The van der Waals surface area contributed by atoms with Crippen molar-refractivity contribution in [3.8, 4) is 11.1 Å². The fourth-order valence-corrected chi connectivity index (χ4v) is 5.50. The third kappa shape index (κ3) is 4.44. The average Bonchev–Trinajstić information content (AvgIpc) is 3.45. The van der Waals surface area contributed by atoms with Crippen LogP contribution in [-0.4, -0.2) is 34.3 Å². The Morgan fingerprint density at radius 3 is 2.56 bits per heavy atom. The van der Waals surface area contributed by atoms with Crippen LogP contribution in [0.2, 0.25) is 0 Å². The molecule has 0 saturated heterocycles. The van der Waals surface area contributed by atoms with Crippen molar-refractivity contribution in [2.45, 2.75) is 17.7 Å². The smallest absolute Gasteiger partial charge is 0.223 e. The number of pyridine rings is 1. The van der Waals surface area contributed by atoms with Gasteiger partial charge in [-0.3, -0.25) is 4.98 Å². The minimum absolute atomic E-state index is 0.121. The van der Waals surface area contributed by atoms with Crippen LogP contribution in [0, 0.1) is 0 Å². The number of nitrogens with zero attached hydrogens (tertiary/aromatic N) is 4. The van der Waals surface area contributed by atoms with E-state index in [0.717, 1.165) is 26.4 Å². The number of thiazole rings is 1. The zero-order valence-electron chi connectivity index (χ0n) is 16.9. The molecule has 0 bridgehead atoms. The lowest BCUT2D eigenvalue weighted by Crippen LogP contribution is -2.09. The summed E-state index contributed by atoms with van der Waals surface area (Å²) >= 11 is 1.58. The van der Waals surface area contributed by atoms with Gasteiger partial charge in [0.2, 0.25) is 11.8 Å². The largest absolute Gasteiger partial charge is 0.425 e. The van der Waals surface area contributed by atoms with E-state index in [2.05, 4.69) is 44.4 Å². The van der Waals surface area contributed by atoms with Gasteiger partial charge in [-0.1, -0.05) is 36.4 Å². The summed E-state index contributed by atoms with van der Waals surface area (Å²) in [4.78, 5) is 8.71. The molecule has 0 aliphatic rings. The molecule has 0 spiro atoms. The highest BCUT2D eigenvalue weighted by atomic mass is 32.2. The third-order valence-electron chi connectivity index (χ3n) is 4.93. The molecular formula is C23H18N4O3S2. The molecule has 0 fully saturated rings. The van der Waals surface area contributed by atoms with Crippen molar-refractivity contribution in [3.63, 3.8) is 0 Å². The first-order chi connectivity index (χ1) is 15.6. The molecule has 0 N–H and O–H groups in total. The summed E-state index contributed by atoms with van der Waals surface area (Å²) in [6.07, 6.45) is 3.42. The molecule has 0 aliphatic heterocycles. The van der Waals surface area contributed by atoms with E-state index in [1.807, 2.05) is 24.3 Å². The van der Waals surface area contributed by atoms with Gasteiger partial charge >= 0.3 is 0 Å². The highest BCUT2D eigenvalue weighted by Gasteiger charge is 2.17. The zero-order chi connectivity index (χ0) is 22.0. The van der Waals surface area contributed by atoms with Crippen LogP contribution in [0.25, 0.3) is 21.3 Å². The van der Waals surface area contributed by atoms with Gasteiger partial charge in [-0.15, -0.1) is 21.5 Å². The first-order valence-corrected chi connectivity index (χ1v) is 12.4. The summed E-state index contributed by atoms with van der Waals surface area (Å²) in [6, 6.07) is 19.5. The number of sulfone groups is 1. The molecule has 0 aliphatic carbocycles. The van der Waals surface area contributed by atoms with Crippen molar-refractivity contribution in [1.29, 1.82) is 0 Å². The Balaban J connectivity index is 1.28. The number of fused-ring (bicyclic) bond motifs is 1. The van der Waals surface area contributed by atoms with Gasteiger partial charge in [-0.2, -0.15) is 0 Å². The maximum absolute atomic E-state index is 12.4. The highest BCUT2D eigenvalue weighted by molar-refractivity contribution is 7.91. The van der Waals surface area contributed by atoms with Crippen LogP contribution in [0.15, 0.2) is 82.4 Å². The molecule has 0 unspecified atom stereocenters. The fourth-order valence-electron chi connectivity index (χ4n) is 3.32. The fraction of sp³-hybridized carbons (Fsp3) is 0.130. The topological polar surface area (TPSA) is 98.8 Å². The quantitative estimate of drug-likeness (QED) is 0.355. The van der Waals surface area contributed by atoms with Crippen LogP contribution in [0.1, 0.15) is 16.8 Å². The maximum atomic E-state index is 12.4. The second-order valence-corrected chi connectivity index (χ2v) is 10.4. The van der Waals surface area contributed by atoms with E-state index in [-0.39, 0.29) is 17.1 Å². The molecule has 9 heteroatoms. The Kier molecular flexibility index (Phi) is 5.50. The zero-order valence-corrected chi connectivity index (χ0v) is 18.5. The molecule has 0 atom stereocenters. The van der Waals surface area contributed by atoms with Crippen molar-refractivity contribution >= 4 is 31.4 Å². The van der Waals surface area contributed by atoms with Crippen molar-refractivity contribution < 1.29 is 12.8 Å². The Morgan fingerprint density at radius 1 is 0.906 bits per heavy atom. The minimum atomic E-state index is -3.45. The summed E-state index contributed by atoms with van der Waals surface area (Å²) in [7, 11) is -3.45. The molecule has 2 aromatic carbocycles. The normalized spacial score (nSPS) is 11.8.